The minimum atomic E-state index is 0.900. The molecule has 0 radical (unpaired) electrons. The van der Waals surface area contributed by atoms with Crippen LogP contribution in [0.25, 0.3) is 0 Å². The highest BCUT2D eigenvalue weighted by atomic mass is 16.5. The zero-order valence-electron chi connectivity index (χ0n) is 10.6. The Morgan fingerprint density at radius 3 is 2.25 bits per heavy atom. The van der Waals surface area contributed by atoms with Crippen molar-refractivity contribution < 1.29 is 4.74 Å². The zero-order chi connectivity index (χ0) is 12.0. The molecule has 1 heteroatoms. The lowest BCUT2D eigenvalue weighted by Gasteiger charge is -2.07. The number of ether oxygens (including phenoxy) is 1. The number of aryl methyl sites for hydroxylation is 1. The van der Waals surface area contributed by atoms with Crippen molar-refractivity contribution in [1.29, 1.82) is 0 Å². The van der Waals surface area contributed by atoms with E-state index in [0.717, 1.165) is 17.9 Å². The van der Waals surface area contributed by atoms with E-state index in [-0.39, 0.29) is 0 Å². The molecule has 1 nitrogen and oxygen atoms in total. The largest absolute Gasteiger partial charge is 0.462 e. The van der Waals surface area contributed by atoms with E-state index in [1.54, 1.807) is 0 Å². The minimum absolute atomic E-state index is 0.900. The van der Waals surface area contributed by atoms with Gasteiger partial charge in [-0.25, -0.2) is 0 Å². The number of hydrogen-bond donors (Lipinski definition) is 0. The first-order chi connectivity index (χ1) is 7.61. The van der Waals surface area contributed by atoms with Crippen molar-refractivity contribution in [1.82, 2.24) is 0 Å². The van der Waals surface area contributed by atoms with Crippen LogP contribution in [-0.4, -0.2) is 0 Å². The fourth-order valence-electron chi connectivity index (χ4n) is 1.24. The van der Waals surface area contributed by atoms with Gasteiger partial charge in [-0.2, -0.15) is 0 Å². The molecule has 0 N–H and O–H groups in total. The van der Waals surface area contributed by atoms with Crippen LogP contribution in [0.2, 0.25) is 0 Å². The average Bonchev–Trinajstić information content (AvgIpc) is 2.26. The molecule has 0 atom stereocenters. The first-order valence-electron chi connectivity index (χ1n) is 5.70. The molecule has 0 aromatic heterocycles. The van der Waals surface area contributed by atoms with Crippen molar-refractivity contribution in [2.75, 3.05) is 0 Å². The lowest BCUT2D eigenvalue weighted by molar-refractivity contribution is 0.409. The van der Waals surface area contributed by atoms with Crippen LogP contribution >= 0.6 is 0 Å². The van der Waals surface area contributed by atoms with Crippen molar-refractivity contribution >= 4 is 0 Å². The second-order valence-corrected chi connectivity index (χ2v) is 4.15. The van der Waals surface area contributed by atoms with E-state index >= 15 is 0 Å². The van der Waals surface area contributed by atoms with Crippen molar-refractivity contribution in [3.8, 4) is 5.75 Å². The van der Waals surface area contributed by atoms with E-state index in [1.165, 1.54) is 11.1 Å². The molecule has 0 unspecified atom stereocenters. The fourth-order valence-corrected chi connectivity index (χ4v) is 1.24. The maximum Gasteiger partial charge on any atom is 0.126 e. The molecule has 0 aliphatic carbocycles. The van der Waals surface area contributed by atoms with E-state index in [1.807, 2.05) is 18.2 Å². The fraction of sp³-hybridized carbons (Fsp3) is 0.333. The molecular weight excluding hydrogens is 196 g/mol. The van der Waals surface area contributed by atoms with Gasteiger partial charge in [-0.05, 0) is 39.0 Å². The molecule has 0 bridgehead atoms. The molecule has 1 aromatic rings. The Balaban J connectivity index is 2.74. The van der Waals surface area contributed by atoms with Crippen LogP contribution in [-0.2, 0) is 0 Å². The van der Waals surface area contributed by atoms with Crippen molar-refractivity contribution in [3.63, 3.8) is 0 Å². The van der Waals surface area contributed by atoms with Crippen molar-refractivity contribution in [2.45, 2.75) is 34.1 Å². The molecule has 0 amide bonds. The van der Waals surface area contributed by atoms with E-state index in [0.29, 0.717) is 0 Å². The highest BCUT2D eigenvalue weighted by molar-refractivity contribution is 5.28. The molecule has 0 saturated carbocycles. The smallest absolute Gasteiger partial charge is 0.126 e. The third-order valence-corrected chi connectivity index (χ3v) is 2.22. The van der Waals surface area contributed by atoms with Crippen LogP contribution in [0.4, 0.5) is 0 Å². The Kier molecular flexibility index (Phi) is 4.84. The third kappa shape index (κ3) is 4.35. The molecule has 1 rings (SSSR count). The average molecular weight is 216 g/mol. The summed E-state index contributed by atoms with van der Waals surface area (Å²) in [7, 11) is 0. The van der Waals surface area contributed by atoms with Gasteiger partial charge < -0.3 is 4.74 Å². The Hall–Kier alpha value is -1.50. The van der Waals surface area contributed by atoms with E-state index in [2.05, 4.69) is 45.9 Å². The summed E-state index contributed by atoms with van der Waals surface area (Å²) in [5, 5.41) is 0. The summed E-state index contributed by atoms with van der Waals surface area (Å²) in [6, 6.07) is 8.12. The predicted molar refractivity (Wildman–Crippen MR) is 69.6 cm³/mol. The summed E-state index contributed by atoms with van der Waals surface area (Å²) in [6.07, 6.45) is 5.01. The number of hydrogen-bond acceptors (Lipinski definition) is 1. The Morgan fingerprint density at radius 1 is 1.12 bits per heavy atom. The summed E-state index contributed by atoms with van der Waals surface area (Å²) in [4.78, 5) is 0. The monoisotopic (exact) mass is 216 g/mol. The Bertz CT molecular complexity index is 378. The van der Waals surface area contributed by atoms with Crippen LogP contribution in [0.3, 0.4) is 0 Å². The number of rotatable bonds is 4. The molecule has 0 heterocycles. The van der Waals surface area contributed by atoms with Crippen molar-refractivity contribution in [3.05, 3.63) is 53.3 Å². The SMILES string of the molecule is CCC(=CC=C(C)C)Oc1ccc(C)cc1. The van der Waals surface area contributed by atoms with Gasteiger partial charge in [0.1, 0.15) is 11.5 Å². The zero-order valence-corrected chi connectivity index (χ0v) is 10.6. The van der Waals surface area contributed by atoms with Crippen LogP contribution in [0, 0.1) is 6.92 Å². The van der Waals surface area contributed by atoms with Gasteiger partial charge in [0.2, 0.25) is 0 Å². The first kappa shape index (κ1) is 12.6. The van der Waals surface area contributed by atoms with Crippen LogP contribution in [0.5, 0.6) is 5.75 Å². The molecule has 1 aromatic carbocycles. The summed E-state index contributed by atoms with van der Waals surface area (Å²) in [5.74, 6) is 1.89. The second-order valence-electron chi connectivity index (χ2n) is 4.15. The lowest BCUT2D eigenvalue weighted by Crippen LogP contribution is -1.93. The van der Waals surface area contributed by atoms with Crippen LogP contribution in [0.15, 0.2) is 47.7 Å². The van der Waals surface area contributed by atoms with Gasteiger partial charge in [0.05, 0.1) is 0 Å². The normalized spacial score (nSPS) is 11.1. The van der Waals surface area contributed by atoms with E-state index in [9.17, 15) is 0 Å². The molecule has 86 valence electrons. The molecule has 0 fully saturated rings. The second kappa shape index (κ2) is 6.16. The Morgan fingerprint density at radius 2 is 1.75 bits per heavy atom. The molecular formula is C15H20O. The highest BCUT2D eigenvalue weighted by Gasteiger charge is 1.97. The van der Waals surface area contributed by atoms with Crippen molar-refractivity contribution in [2.24, 2.45) is 0 Å². The van der Waals surface area contributed by atoms with Gasteiger partial charge in [0.15, 0.2) is 0 Å². The standard InChI is InChI=1S/C15H20O/c1-5-14(9-6-12(2)3)16-15-10-7-13(4)8-11-15/h6-11H,5H2,1-4H3. The number of benzene rings is 1. The lowest BCUT2D eigenvalue weighted by atomic mass is 10.2. The maximum atomic E-state index is 5.79. The third-order valence-electron chi connectivity index (χ3n) is 2.22. The predicted octanol–water partition coefficient (Wildman–Crippen LogP) is 4.63. The molecule has 16 heavy (non-hydrogen) atoms. The highest BCUT2D eigenvalue weighted by Crippen LogP contribution is 2.16. The van der Waals surface area contributed by atoms with E-state index in [4.69, 9.17) is 4.74 Å². The van der Waals surface area contributed by atoms with Gasteiger partial charge >= 0.3 is 0 Å². The quantitative estimate of drug-likeness (QED) is 0.526. The van der Waals surface area contributed by atoms with Gasteiger partial charge in [-0.1, -0.05) is 36.3 Å². The summed E-state index contributed by atoms with van der Waals surface area (Å²) >= 11 is 0. The number of allylic oxidation sites excluding steroid dienone is 4. The molecule has 0 saturated heterocycles. The van der Waals surface area contributed by atoms with Gasteiger partial charge in [-0.15, -0.1) is 0 Å². The van der Waals surface area contributed by atoms with Crippen LogP contribution in [0.1, 0.15) is 32.8 Å². The van der Waals surface area contributed by atoms with Gasteiger partial charge in [-0.3, -0.25) is 0 Å². The summed E-state index contributed by atoms with van der Waals surface area (Å²) < 4.78 is 5.79. The molecule has 0 aliphatic rings. The minimum Gasteiger partial charge on any atom is -0.462 e. The van der Waals surface area contributed by atoms with Gasteiger partial charge in [0.25, 0.3) is 0 Å². The topological polar surface area (TPSA) is 9.23 Å². The van der Waals surface area contributed by atoms with Crippen LogP contribution < -0.4 is 4.74 Å². The maximum absolute atomic E-state index is 5.79. The Labute approximate surface area is 98.5 Å². The summed E-state index contributed by atoms with van der Waals surface area (Å²) in [5.41, 5.74) is 2.53. The molecule has 0 spiro atoms. The first-order valence-corrected chi connectivity index (χ1v) is 5.70. The van der Waals surface area contributed by atoms with E-state index < -0.39 is 0 Å². The van der Waals surface area contributed by atoms with Gasteiger partial charge in [0, 0.05) is 6.42 Å². The summed E-state index contributed by atoms with van der Waals surface area (Å²) in [6.45, 7) is 8.33. The molecule has 0 aliphatic heterocycles.